The molecule has 44 heavy (non-hydrogen) atoms. The monoisotopic (exact) mass is 565 g/mol. The Labute approximate surface area is 256 Å². The molecule has 0 fully saturated rings. The van der Waals surface area contributed by atoms with E-state index in [1.807, 2.05) is 54.6 Å². The smallest absolute Gasteiger partial charge is 0.195 e. The van der Waals surface area contributed by atoms with Gasteiger partial charge in [-0.3, -0.25) is 9.59 Å². The van der Waals surface area contributed by atoms with Crippen molar-refractivity contribution in [2.45, 2.75) is 18.3 Å². The van der Waals surface area contributed by atoms with E-state index in [2.05, 4.69) is 89.8 Å². The lowest BCUT2D eigenvalue weighted by molar-refractivity contribution is 0.102. The standard InChI is InChI=1S/C41H27NO2/c43-39-29-15-3-5-17-31(29)41(32-18-6-4-16-30(32)39)33-19-7-9-21-35(33)42(36-22-10-8-20-34(36)41)37-23-11-13-27-25-24-26-12-1-2-14-28(26)40(44)38(27)37/h1-23H,24-25H2. The van der Waals surface area contributed by atoms with Gasteiger partial charge in [-0.2, -0.15) is 0 Å². The van der Waals surface area contributed by atoms with E-state index in [9.17, 15) is 9.59 Å². The van der Waals surface area contributed by atoms with Crippen molar-refractivity contribution in [3.63, 3.8) is 0 Å². The van der Waals surface area contributed by atoms with Crippen molar-refractivity contribution < 1.29 is 9.59 Å². The number of hydrogen-bond donors (Lipinski definition) is 0. The lowest BCUT2D eigenvalue weighted by Crippen LogP contribution is -2.42. The number of carbonyl (C=O) groups is 2. The number of nitrogens with zero attached hydrogens (tertiary/aromatic N) is 1. The summed E-state index contributed by atoms with van der Waals surface area (Å²) < 4.78 is 0. The minimum Gasteiger partial charge on any atom is -0.309 e. The molecule has 0 atom stereocenters. The lowest BCUT2D eigenvalue weighted by atomic mass is 9.57. The molecule has 0 unspecified atom stereocenters. The molecule has 2 aliphatic carbocycles. The van der Waals surface area contributed by atoms with E-state index < -0.39 is 5.41 Å². The maximum Gasteiger partial charge on any atom is 0.195 e. The number of rotatable bonds is 1. The highest BCUT2D eigenvalue weighted by Crippen LogP contribution is 2.60. The third-order valence-electron chi connectivity index (χ3n) is 9.77. The molecule has 0 aromatic heterocycles. The van der Waals surface area contributed by atoms with Gasteiger partial charge in [0.05, 0.1) is 22.5 Å². The number of carbonyl (C=O) groups excluding carboxylic acids is 2. The van der Waals surface area contributed by atoms with E-state index in [4.69, 9.17) is 0 Å². The highest BCUT2D eigenvalue weighted by atomic mass is 16.1. The fourth-order valence-corrected chi connectivity index (χ4v) is 8.00. The van der Waals surface area contributed by atoms with Crippen molar-refractivity contribution in [3.8, 4) is 0 Å². The Bertz CT molecular complexity index is 2090. The first-order valence-corrected chi connectivity index (χ1v) is 15.2. The quantitative estimate of drug-likeness (QED) is 0.200. The SMILES string of the molecule is O=C1c2ccccc2C2(c3ccccc31)c1ccccc1N(c1cccc3c1C(=O)c1ccccc1CC3)c1ccccc12. The average molecular weight is 566 g/mol. The van der Waals surface area contributed by atoms with Crippen LogP contribution in [0.5, 0.6) is 0 Å². The molecule has 1 spiro atoms. The normalized spacial score (nSPS) is 15.3. The number of ketones is 2. The van der Waals surface area contributed by atoms with Crippen LogP contribution < -0.4 is 4.90 Å². The second-order valence-electron chi connectivity index (χ2n) is 11.8. The summed E-state index contributed by atoms with van der Waals surface area (Å²) in [4.78, 5) is 30.6. The predicted molar refractivity (Wildman–Crippen MR) is 174 cm³/mol. The highest BCUT2D eigenvalue weighted by molar-refractivity contribution is 6.17. The molecule has 0 N–H and O–H groups in total. The van der Waals surface area contributed by atoms with Gasteiger partial charge in [-0.1, -0.05) is 121 Å². The Hall–Kier alpha value is -5.54. The summed E-state index contributed by atoms with van der Waals surface area (Å²) in [6.45, 7) is 0. The molecule has 0 radical (unpaired) electrons. The van der Waals surface area contributed by atoms with Crippen LogP contribution in [-0.4, -0.2) is 11.6 Å². The molecule has 6 aromatic rings. The van der Waals surface area contributed by atoms with Gasteiger partial charge in [-0.05, 0) is 64.4 Å². The molecule has 3 aliphatic rings. The van der Waals surface area contributed by atoms with Gasteiger partial charge in [-0.25, -0.2) is 0 Å². The van der Waals surface area contributed by atoms with Crippen molar-refractivity contribution in [1.29, 1.82) is 0 Å². The largest absolute Gasteiger partial charge is 0.309 e. The molecule has 0 bridgehead atoms. The Morgan fingerprint density at radius 3 is 1.50 bits per heavy atom. The van der Waals surface area contributed by atoms with Gasteiger partial charge < -0.3 is 4.90 Å². The molecular weight excluding hydrogens is 538 g/mol. The summed E-state index contributed by atoms with van der Waals surface area (Å²) in [5, 5.41) is 0. The van der Waals surface area contributed by atoms with E-state index in [0.717, 1.165) is 85.5 Å². The van der Waals surface area contributed by atoms with Gasteiger partial charge in [0.2, 0.25) is 0 Å². The number of hydrogen-bond acceptors (Lipinski definition) is 3. The zero-order valence-corrected chi connectivity index (χ0v) is 24.0. The van der Waals surface area contributed by atoms with E-state index >= 15 is 0 Å². The summed E-state index contributed by atoms with van der Waals surface area (Å²) in [5.74, 6) is 0.120. The van der Waals surface area contributed by atoms with Crippen molar-refractivity contribution in [3.05, 3.63) is 195 Å². The summed E-state index contributed by atoms with van der Waals surface area (Å²) in [7, 11) is 0. The van der Waals surface area contributed by atoms with Crippen molar-refractivity contribution in [1.82, 2.24) is 0 Å². The molecule has 1 aliphatic heterocycles. The third-order valence-corrected chi connectivity index (χ3v) is 9.77. The van der Waals surface area contributed by atoms with E-state index in [0.29, 0.717) is 0 Å². The summed E-state index contributed by atoms with van der Waals surface area (Å²) in [6.07, 6.45) is 1.63. The fourth-order valence-electron chi connectivity index (χ4n) is 8.00. The van der Waals surface area contributed by atoms with E-state index in [-0.39, 0.29) is 11.6 Å². The van der Waals surface area contributed by atoms with Crippen LogP contribution in [0.1, 0.15) is 65.2 Å². The van der Waals surface area contributed by atoms with Gasteiger partial charge in [0, 0.05) is 22.3 Å². The maximum atomic E-state index is 14.4. The Morgan fingerprint density at radius 1 is 0.409 bits per heavy atom. The first kappa shape index (κ1) is 25.0. The molecule has 0 amide bonds. The summed E-state index contributed by atoms with van der Waals surface area (Å²) in [6, 6.07) is 47.4. The molecule has 208 valence electrons. The van der Waals surface area contributed by atoms with Gasteiger partial charge in [0.25, 0.3) is 0 Å². The maximum absolute atomic E-state index is 14.4. The first-order valence-electron chi connectivity index (χ1n) is 15.2. The average Bonchev–Trinajstić information content (AvgIpc) is 3.23. The second-order valence-corrected chi connectivity index (χ2v) is 11.8. The predicted octanol–water partition coefficient (Wildman–Crippen LogP) is 8.73. The molecule has 3 nitrogen and oxygen atoms in total. The topological polar surface area (TPSA) is 37.4 Å². The van der Waals surface area contributed by atoms with Gasteiger partial charge >= 0.3 is 0 Å². The van der Waals surface area contributed by atoms with Gasteiger partial charge in [0.1, 0.15) is 0 Å². The van der Waals surface area contributed by atoms with Crippen LogP contribution in [0, 0.1) is 0 Å². The number of anilines is 3. The van der Waals surface area contributed by atoms with Crippen LogP contribution in [0.2, 0.25) is 0 Å². The van der Waals surface area contributed by atoms with Crippen LogP contribution >= 0.6 is 0 Å². The number of aryl methyl sites for hydroxylation is 2. The minimum absolute atomic E-state index is 0.0526. The molecule has 1 heterocycles. The lowest BCUT2D eigenvalue weighted by Gasteiger charge is -2.49. The van der Waals surface area contributed by atoms with Crippen LogP contribution in [0.3, 0.4) is 0 Å². The van der Waals surface area contributed by atoms with Crippen LogP contribution in [0.15, 0.2) is 140 Å². The van der Waals surface area contributed by atoms with Crippen LogP contribution in [-0.2, 0) is 18.3 Å². The van der Waals surface area contributed by atoms with E-state index in [1.165, 1.54) is 0 Å². The Balaban J connectivity index is 1.39. The van der Waals surface area contributed by atoms with Gasteiger partial charge in [-0.15, -0.1) is 0 Å². The van der Waals surface area contributed by atoms with Crippen LogP contribution in [0.4, 0.5) is 17.1 Å². The molecular formula is C41H27NO2. The fraction of sp³-hybridized carbons (Fsp3) is 0.0732. The minimum atomic E-state index is -0.715. The zero-order valence-electron chi connectivity index (χ0n) is 24.0. The number of fused-ring (bicyclic) bond motifs is 10. The summed E-state index contributed by atoms with van der Waals surface area (Å²) in [5.41, 5.74) is 11.5. The molecule has 9 rings (SSSR count). The Morgan fingerprint density at radius 2 is 0.864 bits per heavy atom. The molecule has 3 heteroatoms. The highest BCUT2D eigenvalue weighted by Gasteiger charge is 2.51. The van der Waals surface area contributed by atoms with Gasteiger partial charge in [0.15, 0.2) is 11.6 Å². The molecule has 0 saturated heterocycles. The van der Waals surface area contributed by atoms with Crippen molar-refractivity contribution >= 4 is 28.6 Å². The van der Waals surface area contributed by atoms with Crippen molar-refractivity contribution in [2.75, 3.05) is 4.90 Å². The summed E-state index contributed by atoms with van der Waals surface area (Å²) >= 11 is 0. The van der Waals surface area contributed by atoms with E-state index in [1.54, 1.807) is 0 Å². The van der Waals surface area contributed by atoms with Crippen LogP contribution in [0.25, 0.3) is 0 Å². The third kappa shape index (κ3) is 3.16. The second kappa shape index (κ2) is 9.23. The van der Waals surface area contributed by atoms with Crippen molar-refractivity contribution in [2.24, 2.45) is 0 Å². The molecule has 6 aromatic carbocycles. The molecule has 0 saturated carbocycles. The number of benzene rings is 6. The Kier molecular flexibility index (Phi) is 5.24. The number of para-hydroxylation sites is 2. The first-order chi connectivity index (χ1) is 21.7. The zero-order chi connectivity index (χ0) is 29.4.